The highest BCUT2D eigenvalue weighted by Gasteiger charge is 2.17. The van der Waals surface area contributed by atoms with Gasteiger partial charge in [-0.1, -0.05) is 66.4 Å². The van der Waals surface area contributed by atoms with E-state index in [1.165, 1.54) is 23.1 Å². The predicted octanol–water partition coefficient (Wildman–Crippen LogP) is 4.60. The number of thiophene rings is 1. The van der Waals surface area contributed by atoms with Crippen molar-refractivity contribution in [3.05, 3.63) is 89.1 Å². The fourth-order valence-electron chi connectivity index (χ4n) is 3.29. The zero-order chi connectivity index (χ0) is 23.0. The minimum atomic E-state index is -0.146. The molecule has 0 saturated heterocycles. The van der Waals surface area contributed by atoms with Crippen LogP contribution in [-0.4, -0.2) is 34.4 Å². The average Bonchev–Trinajstić information content (AvgIpc) is 3.28. The summed E-state index contributed by atoms with van der Waals surface area (Å²) in [5.74, 6) is 0.766. The monoisotopic (exact) mass is 477 g/mol. The Morgan fingerprint density at radius 3 is 2.61 bits per heavy atom. The topological polar surface area (TPSA) is 73.2 Å². The zero-order valence-electron chi connectivity index (χ0n) is 17.9. The van der Waals surface area contributed by atoms with Crippen LogP contribution in [0.5, 0.6) is 5.75 Å². The quantitative estimate of drug-likeness (QED) is 0.156. The third-order valence-corrected chi connectivity index (χ3v) is 6.67. The number of benzene rings is 2. The Labute approximate surface area is 199 Å². The Morgan fingerprint density at radius 1 is 1.15 bits per heavy atom. The van der Waals surface area contributed by atoms with Crippen molar-refractivity contribution in [2.24, 2.45) is 0 Å². The number of para-hydroxylation sites is 1. The van der Waals surface area contributed by atoms with Gasteiger partial charge in [-0.25, -0.2) is 4.98 Å². The van der Waals surface area contributed by atoms with Gasteiger partial charge in [0.05, 0.1) is 17.7 Å². The van der Waals surface area contributed by atoms with Crippen LogP contribution in [0.4, 0.5) is 0 Å². The first-order chi connectivity index (χ1) is 16.2. The number of aromatic nitrogens is 2. The Kier molecular flexibility index (Phi) is 7.59. The van der Waals surface area contributed by atoms with Gasteiger partial charge in [-0.05, 0) is 17.7 Å². The van der Waals surface area contributed by atoms with Crippen LogP contribution >= 0.6 is 23.1 Å². The summed E-state index contributed by atoms with van der Waals surface area (Å²) in [4.78, 5) is 31.0. The number of thioether (sulfide) groups is 1. The summed E-state index contributed by atoms with van der Waals surface area (Å²) in [6, 6.07) is 19.2. The van der Waals surface area contributed by atoms with E-state index in [0.29, 0.717) is 35.1 Å². The van der Waals surface area contributed by atoms with Crippen molar-refractivity contribution < 1.29 is 9.53 Å². The smallest absolute Gasteiger partial charge is 0.263 e. The van der Waals surface area contributed by atoms with E-state index in [2.05, 4.69) is 11.9 Å². The summed E-state index contributed by atoms with van der Waals surface area (Å²) in [7, 11) is 0. The second-order valence-corrected chi connectivity index (χ2v) is 8.90. The van der Waals surface area contributed by atoms with Crippen molar-refractivity contribution in [2.75, 3.05) is 18.9 Å². The van der Waals surface area contributed by atoms with Crippen molar-refractivity contribution in [2.45, 2.75) is 11.7 Å². The van der Waals surface area contributed by atoms with Gasteiger partial charge in [0, 0.05) is 17.5 Å². The van der Waals surface area contributed by atoms with E-state index in [9.17, 15) is 9.59 Å². The number of rotatable bonds is 10. The Bertz CT molecular complexity index is 1300. The lowest BCUT2D eigenvalue weighted by atomic mass is 10.1. The standard InChI is InChI=1S/C25H23N3O3S2/c1-2-14-28-24(30)22-20(18-9-5-3-6-10-18)16-32-23(22)27-25(28)33-17-21(29)26-13-15-31-19-11-7-4-8-12-19/h2-12,16H,1,13-15,17H2,(H,26,29). The molecule has 2 aromatic heterocycles. The zero-order valence-corrected chi connectivity index (χ0v) is 19.5. The van der Waals surface area contributed by atoms with Crippen LogP contribution in [0.25, 0.3) is 21.3 Å². The SMILES string of the molecule is C=CCn1c(SCC(=O)NCCOc2ccccc2)nc2scc(-c3ccccc3)c2c1=O. The summed E-state index contributed by atoms with van der Waals surface area (Å²) >= 11 is 2.67. The van der Waals surface area contributed by atoms with Crippen LogP contribution in [0.15, 0.2) is 88.6 Å². The number of nitrogens with one attached hydrogen (secondary N) is 1. The molecule has 0 bridgehead atoms. The molecule has 2 heterocycles. The number of hydrogen-bond donors (Lipinski definition) is 1. The minimum absolute atomic E-state index is 0.126. The Morgan fingerprint density at radius 2 is 1.88 bits per heavy atom. The molecular formula is C25H23N3O3S2. The Balaban J connectivity index is 1.45. The van der Waals surface area contributed by atoms with Crippen LogP contribution in [0.1, 0.15) is 0 Å². The molecule has 1 amide bonds. The lowest BCUT2D eigenvalue weighted by molar-refractivity contribution is -0.118. The van der Waals surface area contributed by atoms with Crippen molar-refractivity contribution in [1.82, 2.24) is 14.9 Å². The third-order valence-electron chi connectivity index (χ3n) is 4.82. The van der Waals surface area contributed by atoms with Crippen molar-refractivity contribution in [3.63, 3.8) is 0 Å². The molecule has 33 heavy (non-hydrogen) atoms. The fourth-order valence-corrected chi connectivity index (χ4v) is 5.12. The number of carbonyl (C=O) groups is 1. The number of amides is 1. The predicted molar refractivity (Wildman–Crippen MR) is 135 cm³/mol. The van der Waals surface area contributed by atoms with E-state index >= 15 is 0 Å². The van der Waals surface area contributed by atoms with Crippen molar-refractivity contribution in [1.29, 1.82) is 0 Å². The molecular weight excluding hydrogens is 454 g/mol. The van der Waals surface area contributed by atoms with E-state index < -0.39 is 0 Å². The molecule has 8 heteroatoms. The first-order valence-corrected chi connectivity index (χ1v) is 12.3. The summed E-state index contributed by atoms with van der Waals surface area (Å²) in [6.07, 6.45) is 1.66. The van der Waals surface area contributed by atoms with Gasteiger partial charge in [0.15, 0.2) is 5.16 Å². The molecule has 0 aliphatic rings. The highest BCUT2D eigenvalue weighted by molar-refractivity contribution is 7.99. The lowest BCUT2D eigenvalue weighted by Crippen LogP contribution is -2.30. The lowest BCUT2D eigenvalue weighted by Gasteiger charge is -2.11. The van der Waals surface area contributed by atoms with Crippen molar-refractivity contribution in [3.8, 4) is 16.9 Å². The molecule has 168 valence electrons. The van der Waals surface area contributed by atoms with E-state index in [0.717, 1.165) is 16.9 Å². The maximum absolute atomic E-state index is 13.3. The number of carbonyl (C=O) groups excluding carboxylic acids is 1. The largest absolute Gasteiger partial charge is 0.492 e. The highest BCUT2D eigenvalue weighted by atomic mass is 32.2. The molecule has 0 fully saturated rings. The van der Waals surface area contributed by atoms with E-state index in [1.54, 1.807) is 10.6 Å². The first-order valence-electron chi connectivity index (χ1n) is 10.4. The maximum Gasteiger partial charge on any atom is 0.263 e. The summed E-state index contributed by atoms with van der Waals surface area (Å²) in [6.45, 7) is 4.86. The average molecular weight is 478 g/mol. The van der Waals surface area contributed by atoms with E-state index in [4.69, 9.17) is 9.72 Å². The van der Waals surface area contributed by atoms with Crippen LogP contribution in [0, 0.1) is 0 Å². The van der Waals surface area contributed by atoms with Gasteiger partial charge in [0.2, 0.25) is 5.91 Å². The molecule has 2 aromatic carbocycles. The number of ether oxygens (including phenoxy) is 1. The number of hydrogen-bond acceptors (Lipinski definition) is 6. The van der Waals surface area contributed by atoms with Gasteiger partial charge >= 0.3 is 0 Å². The second-order valence-electron chi connectivity index (χ2n) is 7.09. The number of fused-ring (bicyclic) bond motifs is 1. The van der Waals surface area contributed by atoms with Gasteiger partial charge in [-0.15, -0.1) is 17.9 Å². The summed E-state index contributed by atoms with van der Waals surface area (Å²) in [5.41, 5.74) is 1.73. The van der Waals surface area contributed by atoms with Gasteiger partial charge in [0.25, 0.3) is 5.56 Å². The molecule has 0 aliphatic heterocycles. The maximum atomic E-state index is 13.3. The number of nitrogens with zero attached hydrogens (tertiary/aromatic N) is 2. The van der Waals surface area contributed by atoms with Crippen molar-refractivity contribution >= 4 is 39.2 Å². The van der Waals surface area contributed by atoms with Crippen LogP contribution in [0.2, 0.25) is 0 Å². The molecule has 0 unspecified atom stereocenters. The van der Waals surface area contributed by atoms with Crippen LogP contribution in [-0.2, 0) is 11.3 Å². The third kappa shape index (κ3) is 5.53. The van der Waals surface area contributed by atoms with E-state index in [-0.39, 0.29) is 17.2 Å². The molecule has 0 atom stereocenters. The summed E-state index contributed by atoms with van der Waals surface area (Å²) in [5, 5.41) is 5.89. The second kappa shape index (κ2) is 11.0. The van der Waals surface area contributed by atoms with Crippen LogP contribution in [0.3, 0.4) is 0 Å². The number of allylic oxidation sites excluding steroid dienone is 1. The first kappa shape index (κ1) is 22.8. The molecule has 0 spiro atoms. The Hall–Kier alpha value is -3.36. The van der Waals surface area contributed by atoms with E-state index in [1.807, 2.05) is 66.0 Å². The van der Waals surface area contributed by atoms with Gasteiger partial charge in [-0.3, -0.25) is 14.2 Å². The molecule has 0 saturated carbocycles. The molecule has 1 N–H and O–H groups in total. The molecule has 0 aliphatic carbocycles. The normalized spacial score (nSPS) is 10.8. The van der Waals surface area contributed by atoms with Gasteiger partial charge in [-0.2, -0.15) is 0 Å². The molecule has 6 nitrogen and oxygen atoms in total. The van der Waals surface area contributed by atoms with Gasteiger partial charge in [0.1, 0.15) is 17.2 Å². The minimum Gasteiger partial charge on any atom is -0.492 e. The summed E-state index contributed by atoms with van der Waals surface area (Å²) < 4.78 is 7.16. The van der Waals surface area contributed by atoms with Crippen LogP contribution < -0.4 is 15.6 Å². The van der Waals surface area contributed by atoms with Gasteiger partial charge < -0.3 is 10.1 Å². The highest BCUT2D eigenvalue weighted by Crippen LogP contribution is 2.32. The fraction of sp³-hybridized carbons (Fsp3) is 0.160. The molecule has 4 aromatic rings. The molecule has 4 rings (SSSR count). The molecule has 0 radical (unpaired) electrons.